The lowest BCUT2D eigenvalue weighted by molar-refractivity contribution is -0.118. The molecule has 0 saturated heterocycles. The first kappa shape index (κ1) is 19.4. The zero-order valence-corrected chi connectivity index (χ0v) is 17.2. The second kappa shape index (κ2) is 7.31. The predicted octanol–water partition coefficient (Wildman–Crippen LogP) is 5.19. The maximum atomic E-state index is 13.0. The number of rotatable bonds is 5. The fourth-order valence-electron chi connectivity index (χ4n) is 3.43. The highest BCUT2D eigenvalue weighted by atomic mass is 32.1. The molecule has 1 aliphatic rings. The molecule has 1 N–H and O–H groups in total. The van der Waals surface area contributed by atoms with Crippen LogP contribution in [0.15, 0.2) is 41.0 Å². The van der Waals surface area contributed by atoms with Crippen LogP contribution in [-0.4, -0.2) is 16.8 Å². The van der Waals surface area contributed by atoms with Gasteiger partial charge in [-0.3, -0.25) is 14.5 Å². The van der Waals surface area contributed by atoms with E-state index in [0.29, 0.717) is 12.1 Å². The van der Waals surface area contributed by atoms with Crippen molar-refractivity contribution >= 4 is 28.7 Å². The number of ketones is 1. The normalized spacial score (nSPS) is 17.3. The van der Waals surface area contributed by atoms with Crippen LogP contribution in [0, 0.1) is 26.7 Å². The number of carbonyl (C=O) groups is 2. The van der Waals surface area contributed by atoms with E-state index in [1.807, 2.05) is 64.3 Å². The van der Waals surface area contributed by atoms with Crippen molar-refractivity contribution in [2.45, 2.75) is 47.1 Å². The van der Waals surface area contributed by atoms with Crippen LogP contribution in [0.5, 0.6) is 0 Å². The molecule has 4 nitrogen and oxygen atoms in total. The van der Waals surface area contributed by atoms with Gasteiger partial charge in [-0.15, -0.1) is 11.3 Å². The Kier molecular flexibility index (Phi) is 5.24. The third-order valence-corrected chi connectivity index (χ3v) is 6.09. The van der Waals surface area contributed by atoms with Crippen LogP contribution >= 0.6 is 11.3 Å². The number of amides is 1. The number of thiophene rings is 1. The number of Topliss-reactive ketones (excluding diaryl/α,β-unsaturated/α-hetero) is 1. The number of anilines is 1. The van der Waals surface area contributed by atoms with Crippen LogP contribution in [0.3, 0.4) is 0 Å². The number of aliphatic hydroxyl groups is 1. The van der Waals surface area contributed by atoms with Crippen molar-refractivity contribution in [1.82, 2.24) is 0 Å². The Hall–Kier alpha value is -2.40. The summed E-state index contributed by atoms with van der Waals surface area (Å²) in [6, 6.07) is 7.17. The average molecular weight is 384 g/mol. The first-order chi connectivity index (χ1) is 12.7. The molecule has 0 aliphatic carbocycles. The smallest absolute Gasteiger partial charge is 0.294 e. The van der Waals surface area contributed by atoms with E-state index in [-0.39, 0.29) is 17.3 Å². The lowest BCUT2D eigenvalue weighted by atomic mass is 9.94. The third-order valence-electron chi connectivity index (χ3n) is 5.02. The number of hydrogen-bond donors (Lipinski definition) is 1. The van der Waals surface area contributed by atoms with Crippen LogP contribution in [0.2, 0.25) is 0 Å². The fraction of sp³-hybridized carbons (Fsp3) is 0.364. The summed E-state index contributed by atoms with van der Waals surface area (Å²) >= 11 is 1.51. The first-order valence-corrected chi connectivity index (χ1v) is 10.0. The van der Waals surface area contributed by atoms with Crippen LogP contribution in [0.4, 0.5) is 5.69 Å². The van der Waals surface area contributed by atoms with Crippen molar-refractivity contribution in [2.75, 3.05) is 4.90 Å². The van der Waals surface area contributed by atoms with E-state index in [0.717, 1.165) is 21.6 Å². The summed E-state index contributed by atoms with van der Waals surface area (Å²) in [4.78, 5) is 28.4. The number of carbonyl (C=O) groups excluding carboxylic acids is 2. The van der Waals surface area contributed by atoms with Crippen molar-refractivity contribution in [3.63, 3.8) is 0 Å². The first-order valence-electron chi connectivity index (χ1n) is 9.13. The summed E-state index contributed by atoms with van der Waals surface area (Å²) in [5.74, 6) is -0.950. The molecule has 0 saturated carbocycles. The number of benzene rings is 1. The molecule has 3 rings (SSSR count). The Balaban J connectivity index is 2.16. The number of aryl methyl sites for hydroxylation is 3. The minimum Gasteiger partial charge on any atom is -0.503 e. The van der Waals surface area contributed by atoms with Crippen LogP contribution in [-0.2, 0) is 9.59 Å². The largest absolute Gasteiger partial charge is 0.503 e. The highest BCUT2D eigenvalue weighted by Crippen LogP contribution is 2.44. The van der Waals surface area contributed by atoms with Gasteiger partial charge in [0.2, 0.25) is 0 Å². The maximum absolute atomic E-state index is 13.0. The molecule has 1 aromatic carbocycles. The van der Waals surface area contributed by atoms with E-state index in [2.05, 4.69) is 0 Å². The molecule has 0 spiro atoms. The van der Waals surface area contributed by atoms with Gasteiger partial charge in [-0.1, -0.05) is 19.9 Å². The monoisotopic (exact) mass is 383 g/mol. The predicted molar refractivity (Wildman–Crippen MR) is 109 cm³/mol. The van der Waals surface area contributed by atoms with E-state index < -0.39 is 17.7 Å². The molecular formula is C22H25NO3S. The van der Waals surface area contributed by atoms with Gasteiger partial charge in [0.15, 0.2) is 11.5 Å². The minimum atomic E-state index is -0.578. The SMILES string of the molecule is Cc1ccc(N2C(=O)C(O)=C(C(=O)CC(C)C)C2c2sccc2C)cc1C. The summed E-state index contributed by atoms with van der Waals surface area (Å²) in [7, 11) is 0. The molecular weight excluding hydrogens is 358 g/mol. The molecule has 1 aromatic heterocycles. The van der Waals surface area contributed by atoms with Crippen molar-refractivity contribution in [1.29, 1.82) is 0 Å². The van der Waals surface area contributed by atoms with Crippen molar-refractivity contribution in [3.8, 4) is 0 Å². The summed E-state index contributed by atoms with van der Waals surface area (Å²) in [6.45, 7) is 9.88. The zero-order chi connectivity index (χ0) is 19.9. The summed E-state index contributed by atoms with van der Waals surface area (Å²) in [6.07, 6.45) is 0.300. The Bertz CT molecular complexity index is 939. The van der Waals surface area contributed by atoms with Gasteiger partial charge in [-0.2, -0.15) is 0 Å². The Labute approximate surface area is 164 Å². The number of aliphatic hydroxyl groups excluding tert-OH is 1. The van der Waals surface area contributed by atoms with E-state index >= 15 is 0 Å². The lowest BCUT2D eigenvalue weighted by Crippen LogP contribution is -2.31. The molecule has 0 radical (unpaired) electrons. The van der Waals surface area contributed by atoms with Crippen molar-refractivity contribution in [3.05, 3.63) is 62.5 Å². The standard InChI is InChI=1S/C22H25NO3S/c1-12(2)10-17(24)18-19(21-14(4)8-9-27-21)23(22(26)20(18)25)16-7-6-13(3)15(5)11-16/h6-9,11-12,19,25H,10H2,1-5H3. The van der Waals surface area contributed by atoms with E-state index in [1.165, 1.54) is 11.3 Å². The third kappa shape index (κ3) is 3.44. The molecule has 1 unspecified atom stereocenters. The molecule has 142 valence electrons. The molecule has 2 aromatic rings. The Morgan fingerprint density at radius 2 is 1.85 bits per heavy atom. The van der Waals surface area contributed by atoms with Gasteiger partial charge in [0.25, 0.3) is 5.91 Å². The Morgan fingerprint density at radius 1 is 1.15 bits per heavy atom. The van der Waals surface area contributed by atoms with Gasteiger partial charge in [-0.25, -0.2) is 0 Å². The average Bonchev–Trinajstić information content (AvgIpc) is 3.11. The van der Waals surface area contributed by atoms with E-state index in [9.17, 15) is 14.7 Å². The Morgan fingerprint density at radius 3 is 2.41 bits per heavy atom. The van der Waals surface area contributed by atoms with Crippen LogP contribution < -0.4 is 4.90 Å². The maximum Gasteiger partial charge on any atom is 0.294 e. The highest BCUT2D eigenvalue weighted by Gasteiger charge is 2.45. The summed E-state index contributed by atoms with van der Waals surface area (Å²) in [5.41, 5.74) is 4.11. The molecule has 1 amide bonds. The molecule has 0 fully saturated rings. The van der Waals surface area contributed by atoms with E-state index in [4.69, 9.17) is 0 Å². The second-order valence-electron chi connectivity index (χ2n) is 7.60. The van der Waals surface area contributed by atoms with Crippen LogP contribution in [0.1, 0.15) is 47.9 Å². The van der Waals surface area contributed by atoms with Crippen molar-refractivity contribution in [2.24, 2.45) is 5.92 Å². The fourth-order valence-corrected chi connectivity index (χ4v) is 4.45. The molecule has 2 heterocycles. The summed E-state index contributed by atoms with van der Waals surface area (Å²) in [5, 5.41) is 12.6. The van der Waals surface area contributed by atoms with Gasteiger partial charge in [0.05, 0.1) is 5.57 Å². The van der Waals surface area contributed by atoms with Gasteiger partial charge in [0, 0.05) is 17.0 Å². The van der Waals surface area contributed by atoms with Gasteiger partial charge >= 0.3 is 0 Å². The molecule has 27 heavy (non-hydrogen) atoms. The highest BCUT2D eigenvalue weighted by molar-refractivity contribution is 7.10. The molecule has 1 aliphatic heterocycles. The van der Waals surface area contributed by atoms with Crippen molar-refractivity contribution < 1.29 is 14.7 Å². The van der Waals surface area contributed by atoms with Crippen LogP contribution in [0.25, 0.3) is 0 Å². The molecule has 5 heteroatoms. The number of hydrogen-bond acceptors (Lipinski definition) is 4. The molecule has 0 bridgehead atoms. The second-order valence-corrected chi connectivity index (χ2v) is 8.55. The lowest BCUT2D eigenvalue weighted by Gasteiger charge is -2.27. The minimum absolute atomic E-state index is 0.147. The summed E-state index contributed by atoms with van der Waals surface area (Å²) < 4.78 is 0. The van der Waals surface area contributed by atoms with Gasteiger partial charge in [0.1, 0.15) is 6.04 Å². The number of nitrogens with zero attached hydrogens (tertiary/aromatic N) is 1. The van der Waals surface area contributed by atoms with Gasteiger partial charge < -0.3 is 5.11 Å². The molecule has 1 atom stereocenters. The quantitative estimate of drug-likeness (QED) is 0.773. The zero-order valence-electron chi connectivity index (χ0n) is 16.4. The topological polar surface area (TPSA) is 57.6 Å². The van der Waals surface area contributed by atoms with E-state index in [1.54, 1.807) is 4.90 Å². The van der Waals surface area contributed by atoms with Gasteiger partial charge in [-0.05, 0) is 67.0 Å².